The number of anilines is 1. The fourth-order valence-corrected chi connectivity index (χ4v) is 2.09. The molecule has 0 aromatic heterocycles. The molecule has 0 aliphatic carbocycles. The number of piperidine rings is 1. The van der Waals surface area contributed by atoms with Gasteiger partial charge in [-0.15, -0.1) is 0 Å². The van der Waals surface area contributed by atoms with E-state index in [2.05, 4.69) is 16.5 Å². The van der Waals surface area contributed by atoms with Gasteiger partial charge in [0.05, 0.1) is 16.3 Å². The van der Waals surface area contributed by atoms with Crippen molar-refractivity contribution >= 4 is 17.3 Å². The molecule has 2 rings (SSSR count). The lowest BCUT2D eigenvalue weighted by Crippen LogP contribution is -2.34. The maximum absolute atomic E-state index is 8.77. The molecular formula is C12H14ClN3. The van der Waals surface area contributed by atoms with Crippen LogP contribution in [-0.2, 0) is 0 Å². The third-order valence-corrected chi connectivity index (χ3v) is 3.05. The van der Waals surface area contributed by atoms with Gasteiger partial charge in [0.2, 0.25) is 0 Å². The van der Waals surface area contributed by atoms with Gasteiger partial charge in [0.1, 0.15) is 6.07 Å². The van der Waals surface area contributed by atoms with E-state index in [-0.39, 0.29) is 0 Å². The van der Waals surface area contributed by atoms with Gasteiger partial charge in [0, 0.05) is 13.1 Å². The van der Waals surface area contributed by atoms with Crippen LogP contribution < -0.4 is 5.43 Å². The van der Waals surface area contributed by atoms with Crippen LogP contribution in [0.2, 0.25) is 5.02 Å². The number of rotatable bonds is 2. The van der Waals surface area contributed by atoms with Crippen LogP contribution in [0, 0.1) is 11.3 Å². The van der Waals surface area contributed by atoms with Gasteiger partial charge in [-0.1, -0.05) is 18.0 Å². The Morgan fingerprint density at radius 3 is 2.62 bits per heavy atom. The van der Waals surface area contributed by atoms with Crippen molar-refractivity contribution in [2.75, 3.05) is 18.5 Å². The van der Waals surface area contributed by atoms with Gasteiger partial charge in [-0.25, -0.2) is 5.01 Å². The molecule has 1 aromatic carbocycles. The van der Waals surface area contributed by atoms with Crippen molar-refractivity contribution in [2.24, 2.45) is 0 Å². The van der Waals surface area contributed by atoms with Crippen LogP contribution in [0.5, 0.6) is 0 Å². The van der Waals surface area contributed by atoms with E-state index in [1.807, 2.05) is 6.07 Å². The summed E-state index contributed by atoms with van der Waals surface area (Å²) < 4.78 is 0. The summed E-state index contributed by atoms with van der Waals surface area (Å²) in [4.78, 5) is 0. The number of hydrogen-bond acceptors (Lipinski definition) is 3. The Balaban J connectivity index is 2.04. The topological polar surface area (TPSA) is 39.1 Å². The van der Waals surface area contributed by atoms with E-state index in [0.29, 0.717) is 10.6 Å². The molecule has 0 amide bonds. The summed E-state index contributed by atoms with van der Waals surface area (Å²) in [5.41, 5.74) is 4.78. The van der Waals surface area contributed by atoms with Crippen LogP contribution in [0.4, 0.5) is 5.69 Å². The summed E-state index contributed by atoms with van der Waals surface area (Å²) in [7, 11) is 0. The molecule has 0 unspecified atom stereocenters. The van der Waals surface area contributed by atoms with Crippen LogP contribution >= 0.6 is 11.6 Å². The summed E-state index contributed by atoms with van der Waals surface area (Å²) >= 11 is 5.97. The molecule has 16 heavy (non-hydrogen) atoms. The van der Waals surface area contributed by atoms with Crippen molar-refractivity contribution in [1.29, 1.82) is 5.26 Å². The predicted molar refractivity (Wildman–Crippen MR) is 65.2 cm³/mol. The fourth-order valence-electron chi connectivity index (χ4n) is 1.86. The number of benzene rings is 1. The standard InChI is InChI=1S/C12H14ClN3/c13-12-8-11(5-4-10(12)9-14)15-16-6-2-1-3-7-16/h4-5,8,15H,1-3,6-7H2. The monoisotopic (exact) mass is 235 g/mol. The van der Waals surface area contributed by atoms with Crippen molar-refractivity contribution in [3.8, 4) is 6.07 Å². The largest absolute Gasteiger partial charge is 0.319 e. The zero-order valence-electron chi connectivity index (χ0n) is 9.04. The lowest BCUT2D eigenvalue weighted by Gasteiger charge is -2.27. The smallest absolute Gasteiger partial charge is 0.101 e. The predicted octanol–water partition coefficient (Wildman–Crippen LogP) is 3.02. The highest BCUT2D eigenvalue weighted by Gasteiger charge is 2.10. The summed E-state index contributed by atoms with van der Waals surface area (Å²) in [6.45, 7) is 2.13. The van der Waals surface area contributed by atoms with Crippen LogP contribution in [0.25, 0.3) is 0 Å². The second kappa shape index (κ2) is 5.20. The van der Waals surface area contributed by atoms with Gasteiger partial charge in [0.15, 0.2) is 0 Å². The normalized spacial score (nSPS) is 16.8. The van der Waals surface area contributed by atoms with Gasteiger partial charge < -0.3 is 5.43 Å². The Morgan fingerprint density at radius 1 is 1.25 bits per heavy atom. The Kier molecular flexibility index (Phi) is 3.66. The maximum atomic E-state index is 8.77. The lowest BCUT2D eigenvalue weighted by molar-refractivity contribution is 0.273. The fraction of sp³-hybridized carbons (Fsp3) is 0.417. The summed E-state index contributed by atoms with van der Waals surface area (Å²) in [6.07, 6.45) is 3.78. The minimum Gasteiger partial charge on any atom is -0.319 e. The van der Waals surface area contributed by atoms with Crippen molar-refractivity contribution in [2.45, 2.75) is 19.3 Å². The number of nitriles is 1. The third-order valence-electron chi connectivity index (χ3n) is 2.73. The first-order valence-electron chi connectivity index (χ1n) is 5.51. The number of hydrogen-bond donors (Lipinski definition) is 1. The Morgan fingerprint density at radius 2 is 2.00 bits per heavy atom. The van der Waals surface area contributed by atoms with Crippen molar-refractivity contribution in [3.63, 3.8) is 0 Å². The molecule has 4 heteroatoms. The minimum atomic E-state index is 0.504. The van der Waals surface area contributed by atoms with Crippen molar-refractivity contribution in [1.82, 2.24) is 5.01 Å². The average Bonchev–Trinajstić information content (AvgIpc) is 2.31. The van der Waals surface area contributed by atoms with E-state index < -0.39 is 0 Å². The van der Waals surface area contributed by atoms with Crippen molar-refractivity contribution in [3.05, 3.63) is 28.8 Å². The number of nitrogens with zero attached hydrogens (tertiary/aromatic N) is 2. The van der Waals surface area contributed by atoms with Gasteiger partial charge in [-0.3, -0.25) is 0 Å². The molecule has 0 atom stereocenters. The highest BCUT2D eigenvalue weighted by Crippen LogP contribution is 2.21. The zero-order valence-corrected chi connectivity index (χ0v) is 9.80. The summed E-state index contributed by atoms with van der Waals surface area (Å²) in [5.74, 6) is 0. The third kappa shape index (κ3) is 2.66. The molecule has 1 saturated heterocycles. The average molecular weight is 236 g/mol. The Labute approximate surface area is 101 Å². The van der Waals surface area contributed by atoms with Gasteiger partial charge in [0.25, 0.3) is 0 Å². The van der Waals surface area contributed by atoms with E-state index in [9.17, 15) is 0 Å². The zero-order chi connectivity index (χ0) is 11.4. The lowest BCUT2D eigenvalue weighted by atomic mass is 10.2. The first kappa shape index (κ1) is 11.3. The molecule has 1 aromatic rings. The number of nitrogens with one attached hydrogen (secondary N) is 1. The molecule has 1 heterocycles. The second-order valence-corrected chi connectivity index (χ2v) is 4.37. The summed E-state index contributed by atoms with van der Waals surface area (Å²) in [6, 6.07) is 7.49. The molecule has 0 bridgehead atoms. The van der Waals surface area contributed by atoms with Gasteiger partial charge in [-0.2, -0.15) is 5.26 Å². The molecule has 0 radical (unpaired) electrons. The quantitative estimate of drug-likeness (QED) is 0.857. The number of halogens is 1. The van der Waals surface area contributed by atoms with E-state index in [0.717, 1.165) is 18.8 Å². The van der Waals surface area contributed by atoms with E-state index in [4.69, 9.17) is 16.9 Å². The second-order valence-electron chi connectivity index (χ2n) is 3.97. The van der Waals surface area contributed by atoms with Gasteiger partial charge in [-0.05, 0) is 31.0 Å². The Bertz CT molecular complexity index is 405. The molecule has 1 fully saturated rings. The molecule has 84 valence electrons. The minimum absolute atomic E-state index is 0.504. The SMILES string of the molecule is N#Cc1ccc(NN2CCCCC2)cc1Cl. The maximum Gasteiger partial charge on any atom is 0.101 e. The molecule has 1 N–H and O–H groups in total. The molecule has 0 saturated carbocycles. The molecule has 1 aliphatic rings. The molecule has 1 aliphatic heterocycles. The van der Waals surface area contributed by atoms with Crippen LogP contribution in [0.3, 0.4) is 0 Å². The first-order chi connectivity index (χ1) is 7.79. The highest BCUT2D eigenvalue weighted by molar-refractivity contribution is 6.32. The van der Waals surface area contributed by atoms with Crippen molar-refractivity contribution < 1.29 is 0 Å². The van der Waals surface area contributed by atoms with Gasteiger partial charge >= 0.3 is 0 Å². The molecule has 0 spiro atoms. The highest BCUT2D eigenvalue weighted by atomic mass is 35.5. The van der Waals surface area contributed by atoms with Crippen LogP contribution in [0.1, 0.15) is 24.8 Å². The van der Waals surface area contributed by atoms with E-state index >= 15 is 0 Å². The van der Waals surface area contributed by atoms with E-state index in [1.54, 1.807) is 12.1 Å². The molecule has 3 nitrogen and oxygen atoms in total. The summed E-state index contributed by atoms with van der Waals surface area (Å²) in [5, 5.41) is 11.5. The first-order valence-corrected chi connectivity index (χ1v) is 5.88. The van der Waals surface area contributed by atoms with Crippen LogP contribution in [-0.4, -0.2) is 18.1 Å². The molecular weight excluding hydrogens is 222 g/mol. The van der Waals surface area contributed by atoms with Crippen LogP contribution in [0.15, 0.2) is 18.2 Å². The Hall–Kier alpha value is -1.24. The number of hydrazine groups is 1. The van der Waals surface area contributed by atoms with E-state index in [1.165, 1.54) is 19.3 Å².